The van der Waals surface area contributed by atoms with E-state index in [2.05, 4.69) is 4.90 Å². The van der Waals surface area contributed by atoms with E-state index in [1.54, 1.807) is 11.8 Å². The van der Waals surface area contributed by atoms with Gasteiger partial charge in [0, 0.05) is 23.2 Å². The van der Waals surface area contributed by atoms with Gasteiger partial charge in [0.1, 0.15) is 0 Å². The number of hydrogen-bond donors (Lipinski definition) is 1. The number of para-hydroxylation sites is 1. The molecule has 0 amide bonds. The Morgan fingerprint density at radius 2 is 2.29 bits per heavy atom. The molecule has 1 N–H and O–H groups in total. The number of thioether (sulfide) groups is 1. The van der Waals surface area contributed by atoms with Crippen LogP contribution in [0.3, 0.4) is 0 Å². The first-order valence-electron chi connectivity index (χ1n) is 5.40. The highest BCUT2D eigenvalue weighted by Gasteiger charge is 2.32. The van der Waals surface area contributed by atoms with E-state index >= 15 is 0 Å². The molecule has 0 saturated heterocycles. The van der Waals surface area contributed by atoms with Crippen LogP contribution in [0.25, 0.3) is 0 Å². The molecule has 5 heteroatoms. The Balaban J connectivity index is 2.35. The fourth-order valence-electron chi connectivity index (χ4n) is 2.03. The lowest BCUT2D eigenvalue weighted by molar-refractivity contribution is -0.137. The van der Waals surface area contributed by atoms with Crippen molar-refractivity contribution in [3.8, 4) is 0 Å². The van der Waals surface area contributed by atoms with Gasteiger partial charge in [0.2, 0.25) is 0 Å². The quantitative estimate of drug-likeness (QED) is 0.897. The molecule has 0 bridgehead atoms. The summed E-state index contributed by atoms with van der Waals surface area (Å²) in [4.78, 5) is 14.0. The number of aliphatic carboxylic acids is 1. The molecule has 3 nitrogen and oxygen atoms in total. The first kappa shape index (κ1) is 12.6. The number of halogens is 1. The van der Waals surface area contributed by atoms with Crippen LogP contribution < -0.4 is 4.90 Å². The van der Waals surface area contributed by atoms with E-state index in [4.69, 9.17) is 16.7 Å². The number of benzene rings is 1. The Morgan fingerprint density at radius 1 is 1.59 bits per heavy atom. The second-order valence-corrected chi connectivity index (χ2v) is 5.88. The van der Waals surface area contributed by atoms with Crippen molar-refractivity contribution in [2.75, 3.05) is 11.9 Å². The standard InChI is InChI=1S/C12H14ClNO2S/c1-7-10(6-11(15)16)17-9-5-3-4-8(13)12(9)14(7)2/h3-5,7,10H,6H2,1-2H3,(H,15,16). The van der Waals surface area contributed by atoms with Gasteiger partial charge in [0.15, 0.2) is 0 Å². The largest absolute Gasteiger partial charge is 0.481 e. The number of hydrogen-bond acceptors (Lipinski definition) is 3. The van der Waals surface area contributed by atoms with E-state index in [0.29, 0.717) is 0 Å². The molecular weight excluding hydrogens is 258 g/mol. The van der Waals surface area contributed by atoms with Crippen LogP contribution in [0.1, 0.15) is 13.3 Å². The number of nitrogens with zero attached hydrogens (tertiary/aromatic N) is 1. The molecule has 1 aromatic carbocycles. The van der Waals surface area contributed by atoms with Crippen LogP contribution in [0.2, 0.25) is 5.02 Å². The minimum atomic E-state index is -0.756. The van der Waals surface area contributed by atoms with Gasteiger partial charge in [-0.15, -0.1) is 11.8 Å². The number of anilines is 1. The summed E-state index contributed by atoms with van der Waals surface area (Å²) >= 11 is 7.79. The molecule has 0 aliphatic carbocycles. The van der Waals surface area contributed by atoms with Crippen molar-refractivity contribution in [3.05, 3.63) is 23.2 Å². The predicted octanol–water partition coefficient (Wildman–Crippen LogP) is 3.11. The molecule has 0 radical (unpaired) electrons. The molecule has 92 valence electrons. The highest BCUT2D eigenvalue weighted by molar-refractivity contribution is 8.00. The third-order valence-corrected chi connectivity index (χ3v) is 4.86. The Bertz CT molecular complexity index is 452. The van der Waals surface area contributed by atoms with Gasteiger partial charge in [-0.05, 0) is 19.1 Å². The number of rotatable bonds is 2. The molecule has 1 heterocycles. The van der Waals surface area contributed by atoms with Crippen molar-refractivity contribution in [2.45, 2.75) is 29.5 Å². The van der Waals surface area contributed by atoms with Crippen LogP contribution in [-0.2, 0) is 4.79 Å². The van der Waals surface area contributed by atoms with E-state index in [-0.39, 0.29) is 17.7 Å². The minimum absolute atomic E-state index is 0.0588. The topological polar surface area (TPSA) is 40.5 Å². The predicted molar refractivity (Wildman–Crippen MR) is 71.2 cm³/mol. The second-order valence-electron chi connectivity index (χ2n) is 4.19. The lowest BCUT2D eigenvalue weighted by Crippen LogP contribution is -2.41. The molecule has 0 spiro atoms. The van der Waals surface area contributed by atoms with Crippen LogP contribution >= 0.6 is 23.4 Å². The maximum Gasteiger partial charge on any atom is 0.304 e. The zero-order valence-corrected chi connectivity index (χ0v) is 11.3. The molecular formula is C12H14ClNO2S. The Kier molecular flexibility index (Phi) is 3.54. The van der Waals surface area contributed by atoms with E-state index in [1.165, 1.54) is 0 Å². The first-order chi connectivity index (χ1) is 8.00. The molecule has 2 atom stereocenters. The third kappa shape index (κ3) is 2.38. The maximum absolute atomic E-state index is 10.8. The fraction of sp³-hybridized carbons (Fsp3) is 0.417. The monoisotopic (exact) mass is 271 g/mol. The lowest BCUT2D eigenvalue weighted by Gasteiger charge is -2.39. The molecule has 1 aliphatic rings. The van der Waals surface area contributed by atoms with Crippen molar-refractivity contribution in [1.82, 2.24) is 0 Å². The van der Waals surface area contributed by atoms with Gasteiger partial charge in [-0.1, -0.05) is 17.7 Å². The Morgan fingerprint density at radius 3 is 2.94 bits per heavy atom. The van der Waals surface area contributed by atoms with Gasteiger partial charge in [-0.2, -0.15) is 0 Å². The van der Waals surface area contributed by atoms with Gasteiger partial charge in [0.25, 0.3) is 0 Å². The number of carboxylic acids is 1. The summed E-state index contributed by atoms with van der Waals surface area (Å²) in [5, 5.41) is 9.69. The second kappa shape index (κ2) is 4.78. The Labute approximate surface area is 110 Å². The van der Waals surface area contributed by atoms with Gasteiger partial charge in [-0.3, -0.25) is 4.79 Å². The maximum atomic E-state index is 10.8. The molecule has 1 aromatic rings. The zero-order chi connectivity index (χ0) is 12.6. The van der Waals surface area contributed by atoms with Crippen LogP contribution in [0.4, 0.5) is 5.69 Å². The van der Waals surface area contributed by atoms with Crippen molar-refractivity contribution < 1.29 is 9.90 Å². The van der Waals surface area contributed by atoms with Gasteiger partial charge < -0.3 is 10.0 Å². The molecule has 0 aromatic heterocycles. The number of fused-ring (bicyclic) bond motifs is 1. The van der Waals surface area contributed by atoms with Crippen molar-refractivity contribution in [3.63, 3.8) is 0 Å². The third-order valence-electron chi connectivity index (χ3n) is 3.11. The Hall–Kier alpha value is -0.870. The van der Waals surface area contributed by atoms with Gasteiger partial charge >= 0.3 is 5.97 Å². The highest BCUT2D eigenvalue weighted by Crippen LogP contribution is 2.45. The van der Waals surface area contributed by atoms with Crippen molar-refractivity contribution in [2.24, 2.45) is 0 Å². The molecule has 0 saturated carbocycles. The number of carbonyl (C=O) groups is 1. The van der Waals surface area contributed by atoms with E-state index in [1.807, 2.05) is 32.2 Å². The van der Waals surface area contributed by atoms with Gasteiger partial charge in [0.05, 0.1) is 17.1 Å². The summed E-state index contributed by atoms with van der Waals surface area (Å²) in [5.74, 6) is -0.756. The molecule has 2 rings (SSSR count). The molecule has 2 unspecified atom stereocenters. The van der Waals surface area contributed by atoms with Crippen LogP contribution in [-0.4, -0.2) is 29.4 Å². The van der Waals surface area contributed by atoms with Crippen LogP contribution in [0.15, 0.2) is 23.1 Å². The van der Waals surface area contributed by atoms with E-state index in [0.717, 1.165) is 15.6 Å². The zero-order valence-electron chi connectivity index (χ0n) is 9.68. The summed E-state index contributed by atoms with van der Waals surface area (Å²) in [6.07, 6.45) is 0.169. The van der Waals surface area contributed by atoms with Crippen molar-refractivity contribution in [1.29, 1.82) is 0 Å². The molecule has 17 heavy (non-hydrogen) atoms. The lowest BCUT2D eigenvalue weighted by atomic mass is 10.1. The van der Waals surface area contributed by atoms with E-state index < -0.39 is 5.97 Å². The molecule has 0 fully saturated rings. The smallest absolute Gasteiger partial charge is 0.304 e. The molecule has 1 aliphatic heterocycles. The SMILES string of the molecule is CC1C(CC(=O)O)Sc2cccc(Cl)c2N1C. The fourth-order valence-corrected chi connectivity index (χ4v) is 3.85. The summed E-state index contributed by atoms with van der Waals surface area (Å²) in [7, 11) is 1.96. The average molecular weight is 272 g/mol. The normalized spacial score (nSPS) is 23.4. The average Bonchev–Trinajstić information content (AvgIpc) is 2.24. The van der Waals surface area contributed by atoms with Crippen molar-refractivity contribution >= 4 is 35.0 Å². The van der Waals surface area contributed by atoms with Crippen LogP contribution in [0.5, 0.6) is 0 Å². The highest BCUT2D eigenvalue weighted by atomic mass is 35.5. The summed E-state index contributed by atoms with van der Waals surface area (Å²) in [6, 6.07) is 5.91. The summed E-state index contributed by atoms with van der Waals surface area (Å²) in [5.41, 5.74) is 1.01. The summed E-state index contributed by atoms with van der Waals surface area (Å²) in [6.45, 7) is 2.03. The van der Waals surface area contributed by atoms with Gasteiger partial charge in [-0.25, -0.2) is 0 Å². The minimum Gasteiger partial charge on any atom is -0.481 e. The van der Waals surface area contributed by atoms with E-state index in [9.17, 15) is 4.79 Å². The number of carboxylic acid groups (broad SMARTS) is 1. The van der Waals surface area contributed by atoms with Crippen LogP contribution in [0, 0.1) is 0 Å². The summed E-state index contributed by atoms with van der Waals surface area (Å²) < 4.78 is 0. The first-order valence-corrected chi connectivity index (χ1v) is 6.66.